The third-order valence-electron chi connectivity index (χ3n) is 9.73. The molecule has 0 bridgehead atoms. The average Bonchev–Trinajstić information content (AvgIpc) is 3.53. The lowest BCUT2D eigenvalue weighted by atomic mass is 9.62. The van der Waals surface area contributed by atoms with Crippen molar-refractivity contribution in [3.63, 3.8) is 0 Å². The van der Waals surface area contributed by atoms with Crippen molar-refractivity contribution in [3.8, 4) is 22.8 Å². The van der Waals surface area contributed by atoms with Crippen LogP contribution >= 0.6 is 0 Å². The van der Waals surface area contributed by atoms with Crippen LogP contribution in [0.5, 0.6) is 11.5 Å². The second-order valence-corrected chi connectivity index (χ2v) is 12.2. The molecule has 2 unspecified atom stereocenters. The standard InChI is InChI=1S/C34H42F3N5O2/c1-4-23-19-42(32-31(34(35,36)37)30(43-3)14-17-39-32)18-15-33(23)22-41(20-24-9-8-16-38-24)21-28-26(33)12-13-27(40-28)25-10-6-7-11-29(25)44-5-2/h6-7,10-14,17,23-24,38H,4-5,8-9,15-16,18-22H2,1-3H3/t23?,24-,33?/m1/s1. The molecule has 10 heteroatoms. The van der Waals surface area contributed by atoms with Crippen LogP contribution in [0, 0.1) is 5.92 Å². The molecule has 2 aromatic heterocycles. The van der Waals surface area contributed by atoms with Gasteiger partial charge in [-0.2, -0.15) is 13.2 Å². The van der Waals surface area contributed by atoms with Crippen LogP contribution in [0.2, 0.25) is 0 Å². The summed E-state index contributed by atoms with van der Waals surface area (Å²) in [5, 5.41) is 3.65. The zero-order chi connectivity index (χ0) is 30.9. The molecule has 44 heavy (non-hydrogen) atoms. The number of halogens is 3. The van der Waals surface area contributed by atoms with Gasteiger partial charge in [0.25, 0.3) is 0 Å². The molecule has 3 aliphatic rings. The minimum atomic E-state index is -4.58. The van der Waals surface area contributed by atoms with Crippen molar-refractivity contribution in [1.82, 2.24) is 20.2 Å². The highest BCUT2D eigenvalue weighted by molar-refractivity contribution is 5.68. The number of ether oxygens (including phenoxy) is 2. The molecule has 1 N–H and O–H groups in total. The molecule has 7 nitrogen and oxygen atoms in total. The van der Waals surface area contributed by atoms with Crippen LogP contribution in [0.4, 0.5) is 19.0 Å². The molecule has 2 saturated heterocycles. The SMILES string of the molecule is CCOc1ccccc1-c1ccc2c(n1)CN(C[C@H]1CCCN1)CC21CCN(c2nccc(OC)c2C(F)(F)F)CC1CC. The maximum atomic E-state index is 14.3. The molecule has 3 aliphatic heterocycles. The number of pyridine rings is 2. The molecular formula is C34H42F3N5O2. The summed E-state index contributed by atoms with van der Waals surface area (Å²) < 4.78 is 54.0. The molecule has 3 aromatic rings. The molecule has 0 aliphatic carbocycles. The Labute approximate surface area is 257 Å². The van der Waals surface area contributed by atoms with Crippen LogP contribution in [0.1, 0.15) is 56.4 Å². The Morgan fingerprint density at radius 2 is 1.93 bits per heavy atom. The third kappa shape index (κ3) is 5.74. The molecule has 1 aromatic carbocycles. The summed E-state index contributed by atoms with van der Waals surface area (Å²) in [6.45, 7) is 9.21. The number of alkyl halides is 3. The van der Waals surface area contributed by atoms with Crippen LogP contribution in [0.25, 0.3) is 11.3 Å². The Kier molecular flexibility index (Phi) is 8.75. The van der Waals surface area contributed by atoms with E-state index in [1.807, 2.05) is 36.1 Å². The Hall–Kier alpha value is -3.37. The summed E-state index contributed by atoms with van der Waals surface area (Å²) in [5.74, 6) is 0.671. The average molecular weight is 610 g/mol. The molecule has 1 spiro atoms. The van der Waals surface area contributed by atoms with Crippen molar-refractivity contribution in [2.75, 3.05) is 51.3 Å². The van der Waals surface area contributed by atoms with E-state index in [-0.39, 0.29) is 22.9 Å². The van der Waals surface area contributed by atoms with Gasteiger partial charge >= 0.3 is 6.18 Å². The highest BCUT2D eigenvalue weighted by Gasteiger charge is 2.50. The molecule has 0 radical (unpaired) electrons. The number of nitrogens with zero attached hydrogens (tertiary/aromatic N) is 4. The summed E-state index contributed by atoms with van der Waals surface area (Å²) in [7, 11) is 1.27. The van der Waals surface area contributed by atoms with Crippen LogP contribution in [0.3, 0.4) is 0 Å². The van der Waals surface area contributed by atoms with Crippen LogP contribution < -0.4 is 19.7 Å². The van der Waals surface area contributed by atoms with Gasteiger partial charge in [0.05, 0.1) is 25.1 Å². The van der Waals surface area contributed by atoms with E-state index in [0.29, 0.717) is 32.2 Å². The molecule has 6 rings (SSSR count). The van der Waals surface area contributed by atoms with Gasteiger partial charge in [-0.3, -0.25) is 9.88 Å². The lowest BCUT2D eigenvalue weighted by Crippen LogP contribution is -2.58. The first-order chi connectivity index (χ1) is 21.3. The van der Waals surface area contributed by atoms with E-state index in [9.17, 15) is 13.2 Å². The van der Waals surface area contributed by atoms with E-state index in [2.05, 4.69) is 34.3 Å². The first-order valence-corrected chi connectivity index (χ1v) is 15.8. The summed E-state index contributed by atoms with van der Waals surface area (Å²) in [6.07, 6.45) is 0.696. The van der Waals surface area contributed by atoms with Gasteiger partial charge < -0.3 is 19.7 Å². The van der Waals surface area contributed by atoms with E-state index in [4.69, 9.17) is 14.5 Å². The van der Waals surface area contributed by atoms with Gasteiger partial charge in [0.1, 0.15) is 22.9 Å². The van der Waals surface area contributed by atoms with Crippen molar-refractivity contribution < 1.29 is 22.6 Å². The largest absolute Gasteiger partial charge is 0.496 e. The fourth-order valence-corrected chi connectivity index (χ4v) is 7.75. The number of methoxy groups -OCH3 is 1. The Balaban J connectivity index is 1.39. The Morgan fingerprint density at radius 3 is 2.66 bits per heavy atom. The van der Waals surface area contributed by atoms with Gasteiger partial charge in [-0.1, -0.05) is 31.5 Å². The fraction of sp³-hybridized carbons (Fsp3) is 0.529. The summed E-state index contributed by atoms with van der Waals surface area (Å²) in [6, 6.07) is 14.0. The fourth-order valence-electron chi connectivity index (χ4n) is 7.75. The number of nitrogens with one attached hydrogen (secondary N) is 1. The van der Waals surface area contributed by atoms with Crippen LogP contribution in [0.15, 0.2) is 48.7 Å². The molecule has 2 fully saturated rings. The molecular weight excluding hydrogens is 567 g/mol. The topological polar surface area (TPSA) is 62.8 Å². The number of fused-ring (bicyclic) bond motifs is 2. The zero-order valence-corrected chi connectivity index (χ0v) is 25.8. The van der Waals surface area contributed by atoms with Crippen molar-refractivity contribution in [1.29, 1.82) is 0 Å². The van der Waals surface area contributed by atoms with Crippen LogP contribution in [-0.2, 0) is 18.1 Å². The number of para-hydroxylation sites is 1. The van der Waals surface area contributed by atoms with Crippen molar-refractivity contribution in [2.24, 2.45) is 5.92 Å². The number of hydrogen-bond donors (Lipinski definition) is 1. The first-order valence-electron chi connectivity index (χ1n) is 15.8. The van der Waals surface area contributed by atoms with Crippen molar-refractivity contribution in [2.45, 2.75) is 63.7 Å². The normalized spacial score (nSPS) is 24.0. The maximum absolute atomic E-state index is 14.3. The number of anilines is 1. The molecule has 0 saturated carbocycles. The quantitative estimate of drug-likeness (QED) is 0.321. The van der Waals surface area contributed by atoms with E-state index in [1.165, 1.54) is 31.4 Å². The predicted molar refractivity (Wildman–Crippen MR) is 165 cm³/mol. The number of piperidine rings is 1. The van der Waals surface area contributed by atoms with E-state index in [1.54, 1.807) is 0 Å². The maximum Gasteiger partial charge on any atom is 0.423 e. The smallest absolute Gasteiger partial charge is 0.423 e. The number of rotatable bonds is 8. The predicted octanol–water partition coefficient (Wildman–Crippen LogP) is 6.31. The van der Waals surface area contributed by atoms with Gasteiger partial charge in [-0.15, -0.1) is 0 Å². The van der Waals surface area contributed by atoms with Crippen molar-refractivity contribution >= 4 is 5.82 Å². The molecule has 0 amide bonds. The minimum absolute atomic E-state index is 0.0470. The van der Waals surface area contributed by atoms with Gasteiger partial charge in [0.15, 0.2) is 0 Å². The first kappa shape index (κ1) is 30.6. The second-order valence-electron chi connectivity index (χ2n) is 12.2. The number of aromatic nitrogens is 2. The number of hydrogen-bond acceptors (Lipinski definition) is 7. The number of benzene rings is 1. The minimum Gasteiger partial charge on any atom is -0.496 e. The Bertz CT molecular complexity index is 1460. The summed E-state index contributed by atoms with van der Waals surface area (Å²) >= 11 is 0. The highest BCUT2D eigenvalue weighted by Crippen LogP contribution is 2.49. The lowest BCUT2D eigenvalue weighted by Gasteiger charge is -2.53. The second kappa shape index (κ2) is 12.6. The third-order valence-corrected chi connectivity index (χ3v) is 9.73. The van der Waals surface area contributed by atoms with E-state index < -0.39 is 11.7 Å². The molecule has 236 valence electrons. The van der Waals surface area contributed by atoms with Gasteiger partial charge in [-0.25, -0.2) is 4.98 Å². The van der Waals surface area contributed by atoms with Gasteiger partial charge in [0, 0.05) is 55.9 Å². The monoisotopic (exact) mass is 609 g/mol. The Morgan fingerprint density at radius 1 is 1.09 bits per heavy atom. The molecule has 5 heterocycles. The van der Waals surface area contributed by atoms with Gasteiger partial charge in [0.2, 0.25) is 0 Å². The van der Waals surface area contributed by atoms with Crippen molar-refractivity contribution in [3.05, 3.63) is 65.5 Å². The van der Waals surface area contributed by atoms with Gasteiger partial charge in [-0.05, 0) is 68.5 Å². The highest BCUT2D eigenvalue weighted by atomic mass is 19.4. The summed E-state index contributed by atoms with van der Waals surface area (Å²) in [5.41, 5.74) is 3.09. The van der Waals surface area contributed by atoms with Crippen LogP contribution in [-0.4, -0.2) is 67.4 Å². The summed E-state index contributed by atoms with van der Waals surface area (Å²) in [4.78, 5) is 13.9. The van der Waals surface area contributed by atoms with E-state index >= 15 is 0 Å². The lowest BCUT2D eigenvalue weighted by molar-refractivity contribution is -0.138. The van der Waals surface area contributed by atoms with E-state index in [0.717, 1.165) is 61.7 Å². The molecule has 3 atom stereocenters. The zero-order valence-electron chi connectivity index (χ0n) is 25.8.